The SMILES string of the molecule is CC1(C)OB(c2ccc3sc(N4CCCC4=O)nc3c2)OC1(C)C. The lowest BCUT2D eigenvalue weighted by Crippen LogP contribution is -2.41. The zero-order valence-corrected chi connectivity index (χ0v) is 15.3. The summed E-state index contributed by atoms with van der Waals surface area (Å²) in [7, 11) is -0.391. The van der Waals surface area contributed by atoms with Gasteiger partial charge in [-0.05, 0) is 51.7 Å². The van der Waals surface area contributed by atoms with E-state index in [-0.39, 0.29) is 17.1 Å². The molecule has 1 aromatic carbocycles. The van der Waals surface area contributed by atoms with Gasteiger partial charge in [0, 0.05) is 13.0 Å². The molecule has 0 saturated carbocycles. The highest BCUT2D eigenvalue weighted by molar-refractivity contribution is 7.22. The summed E-state index contributed by atoms with van der Waals surface area (Å²) in [6, 6.07) is 6.08. The van der Waals surface area contributed by atoms with Gasteiger partial charge in [0.15, 0.2) is 5.13 Å². The number of carbonyl (C=O) groups is 1. The molecule has 0 bridgehead atoms. The van der Waals surface area contributed by atoms with E-state index in [4.69, 9.17) is 9.31 Å². The summed E-state index contributed by atoms with van der Waals surface area (Å²) < 4.78 is 13.3. The minimum atomic E-state index is -0.391. The van der Waals surface area contributed by atoms with Gasteiger partial charge in [0.05, 0.1) is 21.4 Å². The smallest absolute Gasteiger partial charge is 0.399 e. The molecule has 0 unspecified atom stereocenters. The number of amides is 1. The Labute approximate surface area is 146 Å². The Bertz CT molecular complexity index is 801. The first-order chi connectivity index (χ1) is 11.3. The Hall–Kier alpha value is -1.44. The van der Waals surface area contributed by atoms with E-state index in [1.807, 2.05) is 45.9 Å². The molecule has 2 aliphatic heterocycles. The second-order valence-corrected chi connectivity index (χ2v) is 8.47. The first-order valence-electron chi connectivity index (χ1n) is 8.33. The molecule has 2 fully saturated rings. The lowest BCUT2D eigenvalue weighted by Gasteiger charge is -2.32. The second-order valence-electron chi connectivity index (χ2n) is 7.46. The van der Waals surface area contributed by atoms with E-state index >= 15 is 0 Å². The highest BCUT2D eigenvalue weighted by Crippen LogP contribution is 2.37. The predicted octanol–water partition coefficient (Wildman–Crippen LogP) is 2.72. The fourth-order valence-electron chi connectivity index (χ4n) is 3.02. The number of hydrogen-bond acceptors (Lipinski definition) is 5. The zero-order valence-electron chi connectivity index (χ0n) is 14.5. The molecule has 3 heterocycles. The average molecular weight is 344 g/mol. The summed E-state index contributed by atoms with van der Waals surface area (Å²) in [6.45, 7) is 8.95. The normalized spacial score (nSPS) is 22.8. The second kappa shape index (κ2) is 5.28. The topological polar surface area (TPSA) is 51.7 Å². The lowest BCUT2D eigenvalue weighted by molar-refractivity contribution is -0.117. The monoisotopic (exact) mass is 344 g/mol. The van der Waals surface area contributed by atoms with Crippen molar-refractivity contribution < 1.29 is 14.1 Å². The molecule has 0 radical (unpaired) electrons. The minimum absolute atomic E-state index is 0.167. The average Bonchev–Trinajstić information content (AvgIpc) is 3.14. The van der Waals surface area contributed by atoms with Crippen LogP contribution in [0.4, 0.5) is 5.13 Å². The van der Waals surface area contributed by atoms with Gasteiger partial charge >= 0.3 is 7.12 Å². The zero-order chi connectivity index (χ0) is 17.1. The number of anilines is 1. The van der Waals surface area contributed by atoms with Gasteiger partial charge in [-0.1, -0.05) is 17.4 Å². The van der Waals surface area contributed by atoms with Crippen LogP contribution in [0.5, 0.6) is 0 Å². The van der Waals surface area contributed by atoms with Crippen LogP contribution in [0.2, 0.25) is 0 Å². The summed E-state index contributed by atoms with van der Waals surface area (Å²) in [5.74, 6) is 0.167. The van der Waals surface area contributed by atoms with E-state index < -0.39 is 7.12 Å². The van der Waals surface area contributed by atoms with Crippen molar-refractivity contribution in [3.63, 3.8) is 0 Å². The van der Waals surface area contributed by atoms with Gasteiger partial charge in [-0.3, -0.25) is 9.69 Å². The molecule has 0 N–H and O–H groups in total. The van der Waals surface area contributed by atoms with Crippen molar-refractivity contribution >= 4 is 45.2 Å². The van der Waals surface area contributed by atoms with Gasteiger partial charge in [-0.25, -0.2) is 4.98 Å². The molecule has 4 rings (SSSR count). The van der Waals surface area contributed by atoms with Crippen LogP contribution in [0, 0.1) is 0 Å². The van der Waals surface area contributed by atoms with Gasteiger partial charge in [0.2, 0.25) is 5.91 Å². The van der Waals surface area contributed by atoms with E-state index in [1.54, 1.807) is 16.2 Å². The van der Waals surface area contributed by atoms with E-state index in [2.05, 4.69) is 4.98 Å². The number of thiazole rings is 1. The number of aromatic nitrogens is 1. The minimum Gasteiger partial charge on any atom is -0.399 e. The summed E-state index contributed by atoms with van der Waals surface area (Å²) in [5.41, 5.74) is 1.14. The Balaban J connectivity index is 1.66. The molecule has 0 aliphatic carbocycles. The number of rotatable bonds is 2. The highest BCUT2D eigenvalue weighted by Gasteiger charge is 2.51. The number of hydrogen-bond donors (Lipinski definition) is 0. The summed E-state index contributed by atoms with van der Waals surface area (Å²) in [4.78, 5) is 18.4. The molecular weight excluding hydrogens is 323 g/mol. The Morgan fingerprint density at radius 2 is 1.92 bits per heavy atom. The fourth-order valence-corrected chi connectivity index (χ4v) is 4.01. The van der Waals surface area contributed by atoms with Crippen LogP contribution in [-0.2, 0) is 14.1 Å². The molecule has 2 aliphatic rings. The van der Waals surface area contributed by atoms with Crippen molar-refractivity contribution in [1.82, 2.24) is 4.98 Å². The Morgan fingerprint density at radius 3 is 2.54 bits per heavy atom. The molecule has 7 heteroatoms. The van der Waals surface area contributed by atoms with Crippen LogP contribution in [0.15, 0.2) is 18.2 Å². The standard InChI is InChI=1S/C17H21BN2O3S/c1-16(2)17(3,4)23-18(22-16)11-7-8-13-12(10-11)19-15(24-13)20-9-5-6-14(20)21/h7-8,10H,5-6,9H2,1-4H3. The van der Waals surface area contributed by atoms with Gasteiger partial charge in [0.1, 0.15) is 0 Å². The van der Waals surface area contributed by atoms with Crippen LogP contribution in [0.25, 0.3) is 10.2 Å². The lowest BCUT2D eigenvalue weighted by atomic mass is 9.79. The van der Waals surface area contributed by atoms with Crippen molar-refractivity contribution in [2.45, 2.75) is 51.7 Å². The predicted molar refractivity (Wildman–Crippen MR) is 96.9 cm³/mol. The number of nitrogens with zero attached hydrogens (tertiary/aromatic N) is 2. The van der Waals surface area contributed by atoms with E-state index in [0.717, 1.165) is 33.8 Å². The maximum atomic E-state index is 11.9. The summed E-state index contributed by atoms with van der Waals surface area (Å²) in [5, 5.41) is 0.790. The maximum Gasteiger partial charge on any atom is 0.494 e. The van der Waals surface area contributed by atoms with Crippen molar-refractivity contribution in [3.8, 4) is 0 Å². The van der Waals surface area contributed by atoms with Crippen LogP contribution in [0.3, 0.4) is 0 Å². The van der Waals surface area contributed by atoms with E-state index in [1.165, 1.54) is 0 Å². The largest absolute Gasteiger partial charge is 0.494 e. The first-order valence-corrected chi connectivity index (χ1v) is 9.15. The van der Waals surface area contributed by atoms with Crippen molar-refractivity contribution in [1.29, 1.82) is 0 Å². The molecule has 0 atom stereocenters. The van der Waals surface area contributed by atoms with Crippen molar-refractivity contribution in [2.24, 2.45) is 0 Å². The molecule has 2 saturated heterocycles. The molecule has 0 spiro atoms. The van der Waals surface area contributed by atoms with Crippen LogP contribution >= 0.6 is 11.3 Å². The molecule has 2 aromatic rings. The van der Waals surface area contributed by atoms with Gasteiger partial charge in [-0.15, -0.1) is 0 Å². The van der Waals surface area contributed by atoms with Crippen molar-refractivity contribution in [3.05, 3.63) is 18.2 Å². The molecule has 1 amide bonds. The fraction of sp³-hybridized carbons (Fsp3) is 0.529. The number of benzene rings is 1. The molecule has 5 nitrogen and oxygen atoms in total. The molecule has 24 heavy (non-hydrogen) atoms. The maximum absolute atomic E-state index is 11.9. The van der Waals surface area contributed by atoms with Gasteiger partial charge in [0.25, 0.3) is 0 Å². The van der Waals surface area contributed by atoms with Crippen molar-refractivity contribution in [2.75, 3.05) is 11.4 Å². The molecule has 126 valence electrons. The summed E-state index contributed by atoms with van der Waals surface area (Å²) in [6.07, 6.45) is 1.53. The Morgan fingerprint density at radius 1 is 1.21 bits per heavy atom. The van der Waals surface area contributed by atoms with Crippen LogP contribution in [0.1, 0.15) is 40.5 Å². The van der Waals surface area contributed by atoms with Gasteiger partial charge < -0.3 is 9.31 Å². The van der Waals surface area contributed by atoms with E-state index in [0.29, 0.717) is 6.42 Å². The van der Waals surface area contributed by atoms with Gasteiger partial charge in [-0.2, -0.15) is 0 Å². The summed E-state index contributed by atoms with van der Waals surface area (Å²) >= 11 is 1.56. The number of carbonyl (C=O) groups excluding carboxylic acids is 1. The third-order valence-electron chi connectivity index (χ3n) is 5.23. The third kappa shape index (κ3) is 2.46. The molecular formula is C17H21BN2O3S. The first kappa shape index (κ1) is 16.1. The highest BCUT2D eigenvalue weighted by atomic mass is 32.1. The van der Waals surface area contributed by atoms with E-state index in [9.17, 15) is 4.79 Å². The molecule has 1 aromatic heterocycles. The quantitative estimate of drug-likeness (QED) is 0.786. The van der Waals surface area contributed by atoms with Crippen LogP contribution < -0.4 is 10.4 Å². The third-order valence-corrected chi connectivity index (χ3v) is 6.29. The Kier molecular flexibility index (Phi) is 3.53. The van der Waals surface area contributed by atoms with Crippen LogP contribution in [-0.4, -0.2) is 35.8 Å². The number of fused-ring (bicyclic) bond motifs is 1.